The van der Waals surface area contributed by atoms with E-state index in [4.69, 9.17) is 9.57 Å². The Morgan fingerprint density at radius 2 is 1.27 bits per heavy atom. The van der Waals surface area contributed by atoms with Crippen molar-refractivity contribution in [3.8, 4) is 22.8 Å². The highest BCUT2D eigenvalue weighted by Gasteiger charge is 2.42. The molecule has 51 heavy (non-hydrogen) atoms. The fourth-order valence-corrected chi connectivity index (χ4v) is 7.24. The van der Waals surface area contributed by atoms with E-state index in [1.54, 1.807) is 17.0 Å². The first kappa shape index (κ1) is 33.3. The van der Waals surface area contributed by atoms with Crippen LogP contribution >= 0.6 is 11.3 Å². The molecular weight excluding hydrogens is 655 g/mol. The van der Waals surface area contributed by atoms with Crippen molar-refractivity contribution in [1.82, 2.24) is 9.55 Å². The summed E-state index contributed by atoms with van der Waals surface area (Å²) in [4.78, 5) is 24.1. The van der Waals surface area contributed by atoms with Gasteiger partial charge in [-0.1, -0.05) is 150 Å². The van der Waals surface area contributed by atoms with Crippen LogP contribution in [-0.4, -0.2) is 34.1 Å². The highest BCUT2D eigenvalue weighted by atomic mass is 32.1. The zero-order valence-electron chi connectivity index (χ0n) is 27.7. The Bertz CT molecular complexity index is 2160. The third-order valence-electron chi connectivity index (χ3n) is 8.64. The largest absolute Gasteiger partial charge is 0.494 e. The molecule has 7 nitrogen and oxygen atoms in total. The van der Waals surface area contributed by atoms with Crippen LogP contribution in [0.15, 0.2) is 174 Å². The Morgan fingerprint density at radius 1 is 0.706 bits per heavy atom. The summed E-state index contributed by atoms with van der Waals surface area (Å²) < 4.78 is 7.41. The molecule has 0 aliphatic heterocycles. The van der Waals surface area contributed by atoms with E-state index in [1.165, 1.54) is 0 Å². The number of thiazole rings is 1. The average Bonchev–Trinajstić information content (AvgIpc) is 3.47. The van der Waals surface area contributed by atoms with Crippen LogP contribution in [0, 0.1) is 0 Å². The minimum Gasteiger partial charge on any atom is -0.494 e. The third kappa shape index (κ3) is 7.22. The first-order chi connectivity index (χ1) is 25.1. The van der Waals surface area contributed by atoms with Gasteiger partial charge in [0.1, 0.15) is 17.9 Å². The van der Waals surface area contributed by atoms with Crippen LogP contribution in [-0.2, 0) is 16.8 Å². The van der Waals surface area contributed by atoms with Gasteiger partial charge in [-0.05, 0) is 46.0 Å². The minimum atomic E-state index is -1.09. The van der Waals surface area contributed by atoms with Crippen LogP contribution < -0.4 is 9.61 Å². The van der Waals surface area contributed by atoms with E-state index in [2.05, 4.69) is 10.1 Å². The van der Waals surface area contributed by atoms with Gasteiger partial charge in [0, 0.05) is 29.9 Å². The monoisotopic (exact) mass is 689 g/mol. The second-order valence-corrected chi connectivity index (χ2v) is 12.9. The number of aromatic hydroxyl groups is 1. The molecule has 252 valence electrons. The lowest BCUT2D eigenvalue weighted by Crippen LogP contribution is -2.42. The summed E-state index contributed by atoms with van der Waals surface area (Å²) in [7, 11) is 0. The summed E-state index contributed by atoms with van der Waals surface area (Å²) in [5.41, 5.74) is 5.38. The molecule has 0 radical (unpaired) electrons. The van der Waals surface area contributed by atoms with Crippen LogP contribution in [0.1, 0.15) is 32.7 Å². The van der Waals surface area contributed by atoms with E-state index in [1.807, 2.05) is 158 Å². The van der Waals surface area contributed by atoms with Crippen LogP contribution in [0.5, 0.6) is 11.6 Å². The molecule has 0 spiro atoms. The Balaban J connectivity index is 1.04. The summed E-state index contributed by atoms with van der Waals surface area (Å²) in [5, 5.41) is 16.0. The summed E-state index contributed by atoms with van der Waals surface area (Å²) in [6, 6.07) is 49.3. The highest BCUT2D eigenvalue weighted by molar-refractivity contribution is 7.09. The zero-order chi connectivity index (χ0) is 34.9. The zero-order valence-corrected chi connectivity index (χ0v) is 28.5. The smallest absolute Gasteiger partial charge is 0.311 e. The van der Waals surface area contributed by atoms with E-state index in [-0.39, 0.29) is 17.4 Å². The van der Waals surface area contributed by atoms with Gasteiger partial charge in [-0.2, -0.15) is 0 Å². The van der Waals surface area contributed by atoms with Crippen molar-refractivity contribution in [1.29, 1.82) is 0 Å². The molecule has 7 aromatic rings. The molecule has 5 aromatic carbocycles. The topological polar surface area (TPSA) is 85.9 Å². The lowest BCUT2D eigenvalue weighted by molar-refractivity contribution is 0.108. The van der Waals surface area contributed by atoms with Gasteiger partial charge < -0.3 is 14.7 Å². The SMILES string of the molecule is O=c1sc(Cc2ccc(OCCON=Cc3cncc(-c4ccccc4)c3)cc2)c(O)n1C(c1ccccc1)(c1ccccc1)c1ccccc1. The third-order valence-corrected chi connectivity index (χ3v) is 9.57. The van der Waals surface area contributed by atoms with Gasteiger partial charge in [-0.3, -0.25) is 14.3 Å². The maximum absolute atomic E-state index is 14.0. The molecule has 0 saturated carbocycles. The van der Waals surface area contributed by atoms with Crippen LogP contribution in [0.2, 0.25) is 0 Å². The van der Waals surface area contributed by atoms with E-state index in [0.717, 1.165) is 50.3 Å². The van der Waals surface area contributed by atoms with Gasteiger partial charge in [0.2, 0.25) is 5.88 Å². The fourth-order valence-electron chi connectivity index (χ4n) is 6.30. The molecule has 0 saturated heterocycles. The van der Waals surface area contributed by atoms with Gasteiger partial charge in [0.05, 0.1) is 11.1 Å². The molecule has 1 N–H and O–H groups in total. The second kappa shape index (κ2) is 15.5. The maximum atomic E-state index is 14.0. The standard InChI is InChI=1S/C43H35N3O4S/c47-41-40(51-42(48)46(41)43(36-15-7-2-8-16-36,37-17-9-3-10-18-37)38-19-11-4-12-20-38)28-32-21-23-39(24-22-32)49-25-26-50-45-30-33-27-35(31-44-29-33)34-13-5-1-6-14-34/h1-24,27,29-31,47H,25-26,28H2. The van der Waals surface area contributed by atoms with Gasteiger partial charge in [0.15, 0.2) is 6.61 Å². The quantitative estimate of drug-likeness (QED) is 0.0568. The van der Waals surface area contributed by atoms with Gasteiger partial charge in [-0.25, -0.2) is 0 Å². The normalized spacial score (nSPS) is 11.5. The molecule has 0 aliphatic rings. The number of oxime groups is 1. The van der Waals surface area contributed by atoms with Crippen molar-refractivity contribution in [3.63, 3.8) is 0 Å². The number of benzene rings is 5. The Kier molecular flexibility index (Phi) is 10.1. The van der Waals surface area contributed by atoms with Crippen molar-refractivity contribution in [2.24, 2.45) is 5.16 Å². The Morgan fingerprint density at radius 3 is 1.86 bits per heavy atom. The first-order valence-corrected chi connectivity index (χ1v) is 17.4. The van der Waals surface area contributed by atoms with Crippen molar-refractivity contribution < 1.29 is 14.7 Å². The molecule has 0 amide bonds. The summed E-state index contributed by atoms with van der Waals surface area (Å²) in [5.74, 6) is 0.625. The molecule has 0 bridgehead atoms. The molecule has 2 heterocycles. The second-order valence-electron chi connectivity index (χ2n) is 11.9. The van der Waals surface area contributed by atoms with Gasteiger partial charge in [-0.15, -0.1) is 0 Å². The number of pyridine rings is 1. The number of hydrogen-bond donors (Lipinski definition) is 1. The predicted molar refractivity (Wildman–Crippen MR) is 203 cm³/mol. The van der Waals surface area contributed by atoms with Crippen molar-refractivity contribution in [2.75, 3.05) is 13.2 Å². The van der Waals surface area contributed by atoms with Crippen molar-refractivity contribution in [2.45, 2.75) is 12.0 Å². The highest BCUT2D eigenvalue weighted by Crippen LogP contribution is 2.43. The van der Waals surface area contributed by atoms with Crippen molar-refractivity contribution >= 4 is 17.6 Å². The lowest BCUT2D eigenvalue weighted by atomic mass is 9.76. The summed E-state index contributed by atoms with van der Waals surface area (Å²) >= 11 is 1.06. The van der Waals surface area contributed by atoms with Crippen LogP contribution in [0.25, 0.3) is 11.1 Å². The lowest BCUT2D eigenvalue weighted by Gasteiger charge is -2.37. The first-order valence-electron chi connectivity index (χ1n) is 16.6. The van der Waals surface area contributed by atoms with E-state index in [9.17, 15) is 9.90 Å². The van der Waals surface area contributed by atoms with E-state index < -0.39 is 5.54 Å². The summed E-state index contributed by atoms with van der Waals surface area (Å²) in [6.07, 6.45) is 5.57. The molecule has 0 unspecified atom stereocenters. The van der Waals surface area contributed by atoms with Crippen molar-refractivity contribution in [3.05, 3.63) is 206 Å². The van der Waals surface area contributed by atoms with E-state index in [0.29, 0.717) is 23.7 Å². The minimum absolute atomic E-state index is 0.0536. The molecule has 8 heteroatoms. The van der Waals surface area contributed by atoms with Crippen LogP contribution in [0.4, 0.5) is 0 Å². The summed E-state index contributed by atoms with van der Waals surface area (Å²) in [6.45, 7) is 0.580. The molecule has 2 aromatic heterocycles. The Labute approximate surface area is 300 Å². The fraction of sp³-hybridized carbons (Fsp3) is 0.0930. The maximum Gasteiger partial charge on any atom is 0.311 e. The van der Waals surface area contributed by atoms with E-state index >= 15 is 0 Å². The van der Waals surface area contributed by atoms with Gasteiger partial charge >= 0.3 is 4.87 Å². The average molecular weight is 690 g/mol. The predicted octanol–water partition coefficient (Wildman–Crippen LogP) is 8.54. The number of hydrogen-bond acceptors (Lipinski definition) is 7. The Hall–Kier alpha value is -6.25. The number of aromatic nitrogens is 2. The number of rotatable bonds is 13. The van der Waals surface area contributed by atoms with Crippen LogP contribution in [0.3, 0.4) is 0 Å². The molecule has 7 rings (SSSR count). The molecule has 0 fully saturated rings. The molecule has 0 aliphatic carbocycles. The van der Waals surface area contributed by atoms with Gasteiger partial charge in [0.25, 0.3) is 0 Å². The molecular formula is C43H35N3O4S. The number of nitrogens with zero attached hydrogens (tertiary/aromatic N) is 3. The number of ether oxygens (including phenoxy) is 1. The molecule has 0 atom stereocenters.